The molecule has 21 heavy (non-hydrogen) atoms. The second-order valence-corrected chi connectivity index (χ2v) is 4.90. The van der Waals surface area contributed by atoms with Crippen molar-refractivity contribution in [2.75, 3.05) is 0 Å². The molecule has 2 aromatic carbocycles. The minimum Gasteiger partial charge on any atom is -0.360 e. The van der Waals surface area contributed by atoms with E-state index in [1.807, 2.05) is 0 Å². The second-order valence-electron chi connectivity index (χ2n) is 4.50. The molecule has 0 fully saturated rings. The molecule has 0 spiro atoms. The maximum absolute atomic E-state index is 13.1. The number of carbonyl (C=O) groups excluding carboxylic acids is 1. The summed E-state index contributed by atoms with van der Waals surface area (Å²) in [5, 5.41) is 9.76. The Morgan fingerprint density at radius 3 is 2.76 bits per heavy atom. The van der Waals surface area contributed by atoms with Crippen LogP contribution in [0.25, 0.3) is 10.9 Å². The van der Waals surface area contributed by atoms with E-state index in [0.29, 0.717) is 22.0 Å². The van der Waals surface area contributed by atoms with Crippen molar-refractivity contribution in [1.82, 2.24) is 4.98 Å². The Balaban J connectivity index is 2.21. The smallest absolute Gasteiger partial charge is 0.196 e. The Kier molecular flexibility index (Phi) is 3.20. The van der Waals surface area contributed by atoms with Crippen LogP contribution in [0, 0.1) is 17.1 Å². The Morgan fingerprint density at radius 2 is 2.05 bits per heavy atom. The van der Waals surface area contributed by atoms with E-state index in [-0.39, 0.29) is 16.4 Å². The molecule has 0 unspecified atom stereocenters. The first-order chi connectivity index (χ1) is 10.1. The van der Waals surface area contributed by atoms with E-state index < -0.39 is 5.82 Å². The van der Waals surface area contributed by atoms with E-state index in [1.165, 1.54) is 18.3 Å². The molecule has 0 saturated carbocycles. The van der Waals surface area contributed by atoms with Gasteiger partial charge in [0, 0.05) is 28.2 Å². The van der Waals surface area contributed by atoms with Crippen molar-refractivity contribution in [3.05, 3.63) is 70.1 Å². The number of fused-ring (bicyclic) bond motifs is 1. The summed E-state index contributed by atoms with van der Waals surface area (Å²) in [6.07, 6.45) is 1.54. The van der Waals surface area contributed by atoms with Gasteiger partial charge in [-0.05, 0) is 30.3 Å². The molecule has 3 nitrogen and oxygen atoms in total. The molecular formula is C16H8ClFN2O. The van der Waals surface area contributed by atoms with Crippen LogP contribution in [-0.2, 0) is 0 Å². The fourth-order valence-corrected chi connectivity index (χ4v) is 2.53. The third-order valence-corrected chi connectivity index (χ3v) is 3.56. The van der Waals surface area contributed by atoms with Crippen molar-refractivity contribution in [3.8, 4) is 6.07 Å². The Labute approximate surface area is 124 Å². The lowest BCUT2D eigenvalue weighted by Crippen LogP contribution is -2.02. The number of hydrogen-bond acceptors (Lipinski definition) is 2. The highest BCUT2D eigenvalue weighted by Gasteiger charge is 2.19. The molecule has 0 saturated heterocycles. The highest BCUT2D eigenvalue weighted by atomic mass is 35.5. The molecule has 0 bridgehead atoms. The minimum atomic E-state index is -0.506. The molecule has 102 valence electrons. The summed E-state index contributed by atoms with van der Waals surface area (Å²) in [7, 11) is 0. The van der Waals surface area contributed by atoms with Gasteiger partial charge in [-0.3, -0.25) is 4.79 Å². The fourth-order valence-electron chi connectivity index (χ4n) is 2.28. The van der Waals surface area contributed by atoms with Crippen molar-refractivity contribution < 1.29 is 9.18 Å². The van der Waals surface area contributed by atoms with Gasteiger partial charge in [-0.1, -0.05) is 17.7 Å². The molecule has 5 heteroatoms. The van der Waals surface area contributed by atoms with Crippen LogP contribution in [0.1, 0.15) is 21.5 Å². The Morgan fingerprint density at radius 1 is 1.24 bits per heavy atom. The molecular weight excluding hydrogens is 291 g/mol. The zero-order valence-corrected chi connectivity index (χ0v) is 11.4. The number of hydrogen-bond donors (Lipinski definition) is 1. The molecule has 1 aromatic heterocycles. The average Bonchev–Trinajstić information content (AvgIpc) is 2.90. The summed E-state index contributed by atoms with van der Waals surface area (Å²) in [4.78, 5) is 15.5. The standard InChI is InChI=1S/C16H8ClFN2O/c17-13-6-10(18)4-5-11(13)16(21)12-8-20-14-3-1-2-9(7-19)15(12)14/h1-6,8,20H. The largest absolute Gasteiger partial charge is 0.360 e. The number of halogens is 2. The summed E-state index contributed by atoms with van der Waals surface area (Å²) >= 11 is 5.93. The number of aromatic amines is 1. The van der Waals surface area contributed by atoms with E-state index in [9.17, 15) is 14.4 Å². The number of ketones is 1. The highest BCUT2D eigenvalue weighted by molar-refractivity contribution is 6.35. The zero-order chi connectivity index (χ0) is 15.0. The second kappa shape index (κ2) is 5.04. The maximum Gasteiger partial charge on any atom is 0.196 e. The first kappa shape index (κ1) is 13.3. The lowest BCUT2D eigenvalue weighted by atomic mass is 10.00. The van der Waals surface area contributed by atoms with Gasteiger partial charge < -0.3 is 4.98 Å². The van der Waals surface area contributed by atoms with E-state index in [0.717, 1.165) is 6.07 Å². The van der Waals surface area contributed by atoms with Gasteiger partial charge in [0.25, 0.3) is 0 Å². The molecule has 3 aromatic rings. The van der Waals surface area contributed by atoms with Gasteiger partial charge in [0.15, 0.2) is 5.78 Å². The van der Waals surface area contributed by atoms with Crippen LogP contribution in [0.2, 0.25) is 5.02 Å². The van der Waals surface area contributed by atoms with Crippen molar-refractivity contribution in [3.63, 3.8) is 0 Å². The predicted octanol–water partition coefficient (Wildman–Crippen LogP) is 4.06. The van der Waals surface area contributed by atoms with Crippen LogP contribution in [-0.4, -0.2) is 10.8 Å². The van der Waals surface area contributed by atoms with Crippen LogP contribution in [0.15, 0.2) is 42.6 Å². The Bertz CT molecular complexity index is 908. The lowest BCUT2D eigenvalue weighted by Gasteiger charge is -2.03. The molecule has 0 atom stereocenters. The molecule has 0 radical (unpaired) electrons. The SMILES string of the molecule is N#Cc1cccc2[nH]cc(C(=O)c3ccc(F)cc3Cl)c12. The van der Waals surface area contributed by atoms with E-state index in [1.54, 1.807) is 18.2 Å². The predicted molar refractivity (Wildman–Crippen MR) is 77.9 cm³/mol. The average molecular weight is 299 g/mol. The number of nitrogens with one attached hydrogen (secondary N) is 1. The molecule has 3 rings (SSSR count). The molecule has 0 aliphatic rings. The third-order valence-electron chi connectivity index (χ3n) is 3.25. The van der Waals surface area contributed by atoms with Gasteiger partial charge in [-0.2, -0.15) is 5.26 Å². The first-order valence-corrected chi connectivity index (χ1v) is 6.49. The van der Waals surface area contributed by atoms with E-state index in [4.69, 9.17) is 11.6 Å². The van der Waals surface area contributed by atoms with Crippen LogP contribution < -0.4 is 0 Å². The lowest BCUT2D eigenvalue weighted by molar-refractivity contribution is 0.104. The van der Waals surface area contributed by atoms with E-state index >= 15 is 0 Å². The number of carbonyl (C=O) groups is 1. The van der Waals surface area contributed by atoms with Crippen molar-refractivity contribution in [1.29, 1.82) is 5.26 Å². The highest BCUT2D eigenvalue weighted by Crippen LogP contribution is 2.27. The number of aromatic nitrogens is 1. The number of nitrogens with zero attached hydrogens (tertiary/aromatic N) is 1. The van der Waals surface area contributed by atoms with Gasteiger partial charge in [0.2, 0.25) is 0 Å². The zero-order valence-electron chi connectivity index (χ0n) is 10.7. The van der Waals surface area contributed by atoms with E-state index in [2.05, 4.69) is 11.1 Å². The molecule has 0 amide bonds. The summed E-state index contributed by atoms with van der Waals surface area (Å²) in [6, 6.07) is 10.8. The number of nitriles is 1. The number of benzene rings is 2. The van der Waals surface area contributed by atoms with Crippen molar-refractivity contribution >= 4 is 28.3 Å². The summed E-state index contributed by atoms with van der Waals surface area (Å²) in [5.41, 5.74) is 1.63. The summed E-state index contributed by atoms with van der Waals surface area (Å²) in [6.45, 7) is 0. The van der Waals surface area contributed by atoms with Gasteiger partial charge in [0.05, 0.1) is 16.7 Å². The van der Waals surface area contributed by atoms with Gasteiger partial charge in [-0.25, -0.2) is 4.39 Å². The topological polar surface area (TPSA) is 56.6 Å². The van der Waals surface area contributed by atoms with Crippen molar-refractivity contribution in [2.24, 2.45) is 0 Å². The van der Waals surface area contributed by atoms with Crippen molar-refractivity contribution in [2.45, 2.75) is 0 Å². The van der Waals surface area contributed by atoms with Gasteiger partial charge in [0.1, 0.15) is 5.82 Å². The summed E-state index contributed by atoms with van der Waals surface area (Å²) in [5.74, 6) is -0.859. The molecule has 0 aliphatic carbocycles. The van der Waals surface area contributed by atoms with Crippen LogP contribution >= 0.6 is 11.6 Å². The quantitative estimate of drug-likeness (QED) is 0.725. The number of rotatable bonds is 2. The molecule has 0 aliphatic heterocycles. The normalized spacial score (nSPS) is 10.5. The first-order valence-electron chi connectivity index (χ1n) is 6.12. The van der Waals surface area contributed by atoms with Crippen LogP contribution in [0.3, 0.4) is 0 Å². The minimum absolute atomic E-state index is 0.0452. The Hall–Kier alpha value is -2.64. The molecule has 1 N–H and O–H groups in total. The van der Waals surface area contributed by atoms with Crippen LogP contribution in [0.4, 0.5) is 4.39 Å². The third kappa shape index (κ3) is 2.18. The van der Waals surface area contributed by atoms with Crippen LogP contribution in [0.5, 0.6) is 0 Å². The van der Waals surface area contributed by atoms with Gasteiger partial charge in [-0.15, -0.1) is 0 Å². The monoisotopic (exact) mass is 298 g/mol. The number of H-pyrrole nitrogens is 1. The van der Waals surface area contributed by atoms with Gasteiger partial charge >= 0.3 is 0 Å². The summed E-state index contributed by atoms with van der Waals surface area (Å²) < 4.78 is 13.1. The fraction of sp³-hybridized carbons (Fsp3) is 0. The molecule has 1 heterocycles. The maximum atomic E-state index is 13.1.